The van der Waals surface area contributed by atoms with E-state index in [9.17, 15) is 4.79 Å². The molecule has 5 heteroatoms. The molecule has 0 atom stereocenters. The lowest BCUT2D eigenvalue weighted by Crippen LogP contribution is -2.50. The zero-order valence-corrected chi connectivity index (χ0v) is 15.8. The smallest absolute Gasteiger partial charge is 0.410 e. The topological polar surface area (TPSA) is 41.6 Å². The first-order valence-electron chi connectivity index (χ1n) is 7.75. The third-order valence-electron chi connectivity index (χ3n) is 3.19. The molecule has 0 spiro atoms. The van der Waals surface area contributed by atoms with Crippen LogP contribution in [0.1, 0.15) is 52.0 Å². The lowest BCUT2D eigenvalue weighted by molar-refractivity contribution is 0.00663. The van der Waals surface area contributed by atoms with Crippen molar-refractivity contribution in [1.29, 1.82) is 0 Å². The van der Waals surface area contributed by atoms with E-state index in [-0.39, 0.29) is 11.6 Å². The SMILES string of the molecule is Cc1ccsc1CNCCN(C(=O)OC(C)(C)C)C(C)(C)C. The molecule has 0 aromatic carbocycles. The predicted octanol–water partition coefficient (Wildman–Crippen LogP) is 4.18. The summed E-state index contributed by atoms with van der Waals surface area (Å²) in [5, 5.41) is 5.52. The Labute approximate surface area is 138 Å². The van der Waals surface area contributed by atoms with Crippen LogP contribution in [-0.2, 0) is 11.3 Å². The number of nitrogens with zero attached hydrogens (tertiary/aromatic N) is 1. The van der Waals surface area contributed by atoms with E-state index in [4.69, 9.17) is 4.74 Å². The Morgan fingerprint density at radius 3 is 2.36 bits per heavy atom. The van der Waals surface area contributed by atoms with Gasteiger partial charge in [-0.15, -0.1) is 11.3 Å². The normalized spacial score (nSPS) is 12.3. The van der Waals surface area contributed by atoms with Crippen LogP contribution in [0.25, 0.3) is 0 Å². The number of hydrogen-bond acceptors (Lipinski definition) is 4. The van der Waals surface area contributed by atoms with Gasteiger partial charge in [0.2, 0.25) is 0 Å². The number of amides is 1. The molecule has 1 heterocycles. The summed E-state index contributed by atoms with van der Waals surface area (Å²) in [5.74, 6) is 0. The Morgan fingerprint density at radius 2 is 1.91 bits per heavy atom. The fourth-order valence-electron chi connectivity index (χ4n) is 2.00. The largest absolute Gasteiger partial charge is 0.444 e. The molecule has 22 heavy (non-hydrogen) atoms. The maximum absolute atomic E-state index is 12.4. The van der Waals surface area contributed by atoms with Gasteiger partial charge in [-0.2, -0.15) is 0 Å². The van der Waals surface area contributed by atoms with Gasteiger partial charge in [0.15, 0.2) is 0 Å². The predicted molar refractivity (Wildman–Crippen MR) is 93.5 cm³/mol. The number of aryl methyl sites for hydroxylation is 1. The van der Waals surface area contributed by atoms with Gasteiger partial charge in [-0.05, 0) is 65.5 Å². The van der Waals surface area contributed by atoms with Gasteiger partial charge in [0, 0.05) is 30.1 Å². The maximum Gasteiger partial charge on any atom is 0.410 e. The van der Waals surface area contributed by atoms with Crippen molar-refractivity contribution < 1.29 is 9.53 Å². The van der Waals surface area contributed by atoms with E-state index in [0.717, 1.165) is 13.1 Å². The van der Waals surface area contributed by atoms with E-state index >= 15 is 0 Å². The van der Waals surface area contributed by atoms with Crippen LogP contribution in [0, 0.1) is 6.92 Å². The number of carbonyl (C=O) groups excluding carboxylic acids is 1. The molecule has 0 unspecified atom stereocenters. The van der Waals surface area contributed by atoms with Gasteiger partial charge >= 0.3 is 6.09 Å². The molecule has 1 rings (SSSR count). The monoisotopic (exact) mass is 326 g/mol. The summed E-state index contributed by atoms with van der Waals surface area (Å²) in [7, 11) is 0. The van der Waals surface area contributed by atoms with Gasteiger partial charge in [-0.1, -0.05) is 0 Å². The fraction of sp³-hybridized carbons (Fsp3) is 0.706. The molecule has 0 bridgehead atoms. The van der Waals surface area contributed by atoms with Crippen LogP contribution in [0.3, 0.4) is 0 Å². The average Bonchev–Trinajstić information content (AvgIpc) is 2.70. The van der Waals surface area contributed by atoms with Crippen molar-refractivity contribution in [2.45, 2.75) is 66.2 Å². The highest BCUT2D eigenvalue weighted by molar-refractivity contribution is 7.10. The van der Waals surface area contributed by atoms with E-state index in [2.05, 4.69) is 23.7 Å². The number of thiophene rings is 1. The van der Waals surface area contributed by atoms with Crippen LogP contribution in [0.4, 0.5) is 4.79 Å². The maximum atomic E-state index is 12.4. The number of carbonyl (C=O) groups is 1. The minimum absolute atomic E-state index is 0.255. The quantitative estimate of drug-likeness (QED) is 0.825. The van der Waals surface area contributed by atoms with Crippen LogP contribution in [-0.4, -0.2) is 35.2 Å². The van der Waals surface area contributed by atoms with E-state index in [1.165, 1.54) is 10.4 Å². The van der Waals surface area contributed by atoms with Crippen LogP contribution in [0.2, 0.25) is 0 Å². The van der Waals surface area contributed by atoms with Gasteiger partial charge in [-0.3, -0.25) is 0 Å². The Bertz CT molecular complexity index is 484. The van der Waals surface area contributed by atoms with Gasteiger partial charge in [0.25, 0.3) is 0 Å². The Hall–Kier alpha value is -1.07. The molecule has 1 amide bonds. The molecular weight excluding hydrogens is 296 g/mol. The van der Waals surface area contributed by atoms with E-state index in [1.54, 1.807) is 16.2 Å². The third-order valence-corrected chi connectivity index (χ3v) is 4.21. The van der Waals surface area contributed by atoms with Gasteiger partial charge in [-0.25, -0.2) is 4.79 Å². The number of nitrogens with one attached hydrogen (secondary N) is 1. The van der Waals surface area contributed by atoms with Crippen LogP contribution in [0.5, 0.6) is 0 Å². The number of hydrogen-bond donors (Lipinski definition) is 1. The van der Waals surface area contributed by atoms with E-state index in [0.29, 0.717) is 6.54 Å². The van der Waals surface area contributed by atoms with E-state index in [1.807, 2.05) is 41.5 Å². The summed E-state index contributed by atoms with van der Waals surface area (Å²) in [4.78, 5) is 15.5. The van der Waals surface area contributed by atoms with Gasteiger partial charge in [0.1, 0.15) is 5.60 Å². The highest BCUT2D eigenvalue weighted by Gasteiger charge is 2.30. The Morgan fingerprint density at radius 1 is 1.27 bits per heavy atom. The second-order valence-corrected chi connectivity index (χ2v) is 8.51. The first-order valence-corrected chi connectivity index (χ1v) is 8.63. The zero-order chi connectivity index (χ0) is 17.0. The molecule has 0 radical (unpaired) electrons. The summed E-state index contributed by atoms with van der Waals surface area (Å²) in [5.41, 5.74) is 0.586. The molecule has 0 saturated heterocycles. The van der Waals surface area contributed by atoms with Crippen molar-refractivity contribution in [3.8, 4) is 0 Å². The standard InChI is InChI=1S/C17H30N2O2S/c1-13-8-11-22-14(13)12-18-9-10-19(16(2,3)4)15(20)21-17(5,6)7/h8,11,18H,9-10,12H2,1-7H3. The molecule has 0 fully saturated rings. The summed E-state index contributed by atoms with van der Waals surface area (Å²) >= 11 is 1.76. The summed E-state index contributed by atoms with van der Waals surface area (Å²) < 4.78 is 5.51. The minimum atomic E-state index is -0.470. The fourth-order valence-corrected chi connectivity index (χ4v) is 2.87. The molecule has 0 saturated carbocycles. The number of ether oxygens (including phenoxy) is 1. The third kappa shape index (κ3) is 6.36. The second kappa shape index (κ2) is 7.47. The summed E-state index contributed by atoms with van der Waals surface area (Å²) in [6.07, 6.45) is -0.255. The molecule has 126 valence electrons. The van der Waals surface area contributed by atoms with E-state index < -0.39 is 5.60 Å². The molecule has 0 aliphatic rings. The highest BCUT2D eigenvalue weighted by Crippen LogP contribution is 2.18. The Balaban J connectivity index is 2.52. The summed E-state index contributed by atoms with van der Waals surface area (Å²) in [6, 6.07) is 2.13. The molecule has 1 aromatic rings. The van der Waals surface area contributed by atoms with Crippen molar-refractivity contribution in [1.82, 2.24) is 10.2 Å². The first-order chi connectivity index (χ1) is 10.0. The molecule has 0 aliphatic heterocycles. The lowest BCUT2D eigenvalue weighted by Gasteiger charge is -2.36. The molecule has 0 aliphatic carbocycles. The van der Waals surface area contributed by atoms with Gasteiger partial charge in [0.05, 0.1) is 0 Å². The van der Waals surface area contributed by atoms with Crippen molar-refractivity contribution in [3.63, 3.8) is 0 Å². The average molecular weight is 327 g/mol. The first kappa shape index (κ1) is 19.0. The van der Waals surface area contributed by atoms with Gasteiger partial charge < -0.3 is 15.0 Å². The molecular formula is C17H30N2O2S. The zero-order valence-electron chi connectivity index (χ0n) is 14.9. The van der Waals surface area contributed by atoms with Crippen molar-refractivity contribution in [2.75, 3.05) is 13.1 Å². The summed E-state index contributed by atoms with van der Waals surface area (Å²) in [6.45, 7) is 16.1. The second-order valence-electron chi connectivity index (χ2n) is 7.51. The molecule has 1 aromatic heterocycles. The van der Waals surface area contributed by atoms with Crippen molar-refractivity contribution in [3.05, 3.63) is 21.9 Å². The van der Waals surface area contributed by atoms with Crippen LogP contribution >= 0.6 is 11.3 Å². The van der Waals surface area contributed by atoms with Crippen molar-refractivity contribution >= 4 is 17.4 Å². The number of rotatable bonds is 5. The Kier molecular flexibility index (Phi) is 6.44. The highest BCUT2D eigenvalue weighted by atomic mass is 32.1. The molecule has 4 nitrogen and oxygen atoms in total. The molecule has 1 N–H and O–H groups in total. The van der Waals surface area contributed by atoms with Crippen LogP contribution < -0.4 is 5.32 Å². The van der Waals surface area contributed by atoms with Crippen molar-refractivity contribution in [2.24, 2.45) is 0 Å². The van der Waals surface area contributed by atoms with Crippen LogP contribution in [0.15, 0.2) is 11.4 Å². The lowest BCUT2D eigenvalue weighted by atomic mass is 10.1. The minimum Gasteiger partial charge on any atom is -0.444 e.